The van der Waals surface area contributed by atoms with Crippen LogP contribution in [0.4, 0.5) is 5.69 Å². The van der Waals surface area contributed by atoms with Gasteiger partial charge in [-0.15, -0.1) is 0 Å². The van der Waals surface area contributed by atoms with E-state index in [4.69, 9.17) is 0 Å². The van der Waals surface area contributed by atoms with Crippen LogP contribution in [0.3, 0.4) is 0 Å². The fourth-order valence-corrected chi connectivity index (χ4v) is 4.02. The molecule has 3 amide bonds. The number of nitrogens with one attached hydrogen (secondary N) is 1. The van der Waals surface area contributed by atoms with Gasteiger partial charge < -0.3 is 14.7 Å². The van der Waals surface area contributed by atoms with E-state index in [1.807, 2.05) is 12.1 Å². The zero-order chi connectivity index (χ0) is 18.5. The molecule has 0 saturated carbocycles. The van der Waals surface area contributed by atoms with Crippen LogP contribution in [-0.4, -0.2) is 66.3 Å². The molecule has 2 fully saturated rings. The first-order chi connectivity index (χ1) is 12.4. The summed E-state index contributed by atoms with van der Waals surface area (Å²) in [6, 6.07) is 5.95. The number of amides is 3. The van der Waals surface area contributed by atoms with Crippen molar-refractivity contribution in [3.63, 3.8) is 0 Å². The number of likely N-dealkylation sites (N-methyl/N-ethyl adjacent to an activating group) is 1. The van der Waals surface area contributed by atoms with Gasteiger partial charge in [0, 0.05) is 50.4 Å². The lowest BCUT2D eigenvalue weighted by molar-refractivity contribution is -0.142. The van der Waals surface area contributed by atoms with E-state index < -0.39 is 5.54 Å². The van der Waals surface area contributed by atoms with Crippen LogP contribution in [0.2, 0.25) is 0 Å². The van der Waals surface area contributed by atoms with E-state index in [1.54, 1.807) is 11.8 Å². The van der Waals surface area contributed by atoms with Crippen LogP contribution in [0.25, 0.3) is 0 Å². The number of rotatable bonds is 2. The Bertz CT molecular complexity index is 785. The van der Waals surface area contributed by atoms with Gasteiger partial charge in [-0.1, -0.05) is 0 Å². The van der Waals surface area contributed by atoms with E-state index >= 15 is 0 Å². The molecule has 3 aliphatic rings. The first-order valence-electron chi connectivity index (χ1n) is 9.11. The summed E-state index contributed by atoms with van der Waals surface area (Å²) in [4.78, 5) is 43.0. The van der Waals surface area contributed by atoms with E-state index in [9.17, 15) is 14.4 Å². The Morgan fingerprint density at radius 2 is 1.81 bits per heavy atom. The van der Waals surface area contributed by atoms with Crippen LogP contribution < -0.4 is 10.2 Å². The maximum atomic E-state index is 12.9. The lowest BCUT2D eigenvalue weighted by Crippen LogP contribution is -2.61. The third-order valence-corrected chi connectivity index (χ3v) is 5.94. The molecule has 0 aliphatic carbocycles. The molecule has 1 N–H and O–H groups in total. The summed E-state index contributed by atoms with van der Waals surface area (Å²) in [6.45, 7) is 6.14. The molecule has 0 aromatic heterocycles. The van der Waals surface area contributed by atoms with Gasteiger partial charge in [-0.25, -0.2) is 0 Å². The molecular weight excluding hydrogens is 332 g/mol. The average molecular weight is 356 g/mol. The van der Waals surface area contributed by atoms with E-state index in [0.29, 0.717) is 18.5 Å². The third kappa shape index (κ3) is 2.67. The van der Waals surface area contributed by atoms with Crippen LogP contribution in [-0.2, 0) is 16.1 Å². The molecule has 0 unspecified atom stereocenters. The summed E-state index contributed by atoms with van der Waals surface area (Å²) < 4.78 is 0. The van der Waals surface area contributed by atoms with E-state index in [1.165, 1.54) is 0 Å². The summed E-state index contributed by atoms with van der Waals surface area (Å²) in [5.74, 6) is -0.778. The van der Waals surface area contributed by atoms with Crippen LogP contribution in [0.5, 0.6) is 0 Å². The number of fused-ring (bicyclic) bond motifs is 1. The highest BCUT2D eigenvalue weighted by Gasteiger charge is 2.48. The van der Waals surface area contributed by atoms with Gasteiger partial charge >= 0.3 is 0 Å². The highest BCUT2D eigenvalue weighted by molar-refractivity contribution is 6.07. The smallest absolute Gasteiger partial charge is 0.255 e. The van der Waals surface area contributed by atoms with Crippen LogP contribution in [0.1, 0.15) is 35.7 Å². The number of carbonyl (C=O) groups excluding carboxylic acids is 3. The lowest BCUT2D eigenvalue weighted by Gasteiger charge is -2.39. The summed E-state index contributed by atoms with van der Waals surface area (Å²) in [5.41, 5.74) is 1.77. The normalized spacial score (nSPS) is 26.9. The van der Waals surface area contributed by atoms with Crippen LogP contribution >= 0.6 is 0 Å². The molecule has 138 valence electrons. The van der Waals surface area contributed by atoms with Gasteiger partial charge in [-0.3, -0.25) is 19.7 Å². The van der Waals surface area contributed by atoms with Gasteiger partial charge in [0.15, 0.2) is 0 Å². The van der Waals surface area contributed by atoms with Gasteiger partial charge in [0.05, 0.1) is 0 Å². The van der Waals surface area contributed by atoms with Crippen molar-refractivity contribution < 1.29 is 14.4 Å². The molecule has 7 nitrogen and oxygen atoms in total. The number of nitrogens with zero attached hydrogens (tertiary/aromatic N) is 3. The molecular formula is C19H24N4O3. The van der Waals surface area contributed by atoms with Crippen molar-refractivity contribution in [1.29, 1.82) is 0 Å². The number of carbonyl (C=O) groups is 3. The Morgan fingerprint density at radius 3 is 2.50 bits per heavy atom. The van der Waals surface area contributed by atoms with Crippen molar-refractivity contribution in [3.8, 4) is 0 Å². The quantitative estimate of drug-likeness (QED) is 0.785. The Balaban J connectivity index is 1.58. The first kappa shape index (κ1) is 17.0. The minimum absolute atomic E-state index is 0.128. The van der Waals surface area contributed by atoms with Crippen molar-refractivity contribution in [3.05, 3.63) is 29.3 Å². The second kappa shape index (κ2) is 6.09. The summed E-state index contributed by atoms with van der Waals surface area (Å²) in [5, 5.41) is 2.38. The number of imide groups is 1. The second-order valence-corrected chi connectivity index (χ2v) is 7.67. The topological polar surface area (TPSA) is 73.0 Å². The van der Waals surface area contributed by atoms with Gasteiger partial charge in [0.1, 0.15) is 5.54 Å². The largest absolute Gasteiger partial charge is 0.369 e. The molecule has 26 heavy (non-hydrogen) atoms. The molecule has 2 saturated heterocycles. The zero-order valence-electron chi connectivity index (χ0n) is 15.2. The molecule has 4 rings (SSSR count). The Morgan fingerprint density at radius 1 is 1.08 bits per heavy atom. The molecule has 3 heterocycles. The van der Waals surface area contributed by atoms with Crippen molar-refractivity contribution in [2.45, 2.75) is 31.8 Å². The highest BCUT2D eigenvalue weighted by atomic mass is 16.2. The zero-order valence-corrected chi connectivity index (χ0v) is 15.2. The number of hydrogen-bond donors (Lipinski definition) is 1. The summed E-state index contributed by atoms with van der Waals surface area (Å²) in [7, 11) is 2.12. The standard InChI is InChI=1S/C19H24N4O3/c1-19(6-5-16(24)20-18(19)26)23-12-13-11-14(3-4-15(13)17(23)25)22-9-7-21(2)8-10-22/h3-4,11H,5-10,12H2,1-2H3,(H,20,24,26)/t19-/m1/s1. The molecule has 1 atom stereocenters. The molecule has 7 heteroatoms. The number of piperidine rings is 1. The van der Waals surface area contributed by atoms with Gasteiger partial charge in [-0.05, 0) is 44.2 Å². The molecule has 0 bridgehead atoms. The van der Waals surface area contributed by atoms with Gasteiger partial charge in [0.25, 0.3) is 11.8 Å². The second-order valence-electron chi connectivity index (χ2n) is 7.67. The lowest BCUT2D eigenvalue weighted by atomic mass is 9.89. The minimum Gasteiger partial charge on any atom is -0.369 e. The fraction of sp³-hybridized carbons (Fsp3) is 0.526. The Hall–Kier alpha value is -2.41. The van der Waals surface area contributed by atoms with Crippen molar-refractivity contribution in [2.24, 2.45) is 0 Å². The number of hydrogen-bond acceptors (Lipinski definition) is 5. The predicted octanol–water partition coefficient (Wildman–Crippen LogP) is 0.590. The van der Waals surface area contributed by atoms with E-state index in [2.05, 4.69) is 28.2 Å². The summed E-state index contributed by atoms with van der Waals surface area (Å²) in [6.07, 6.45) is 0.623. The van der Waals surface area contributed by atoms with E-state index in [0.717, 1.165) is 37.4 Å². The Labute approximate surface area is 152 Å². The molecule has 0 spiro atoms. The maximum absolute atomic E-state index is 12.9. The SMILES string of the molecule is CN1CCN(c2ccc3c(c2)CN([C@]2(C)CCC(=O)NC2=O)C3=O)CC1. The highest BCUT2D eigenvalue weighted by Crippen LogP contribution is 2.35. The predicted molar refractivity (Wildman–Crippen MR) is 96.8 cm³/mol. The van der Waals surface area contributed by atoms with Crippen molar-refractivity contribution in [2.75, 3.05) is 38.1 Å². The fourth-order valence-electron chi connectivity index (χ4n) is 4.02. The average Bonchev–Trinajstić information content (AvgIpc) is 2.96. The van der Waals surface area contributed by atoms with E-state index in [-0.39, 0.29) is 24.1 Å². The van der Waals surface area contributed by atoms with Gasteiger partial charge in [-0.2, -0.15) is 0 Å². The molecule has 1 aromatic rings. The number of piperazine rings is 1. The minimum atomic E-state index is -0.974. The molecule has 3 aliphatic heterocycles. The number of benzene rings is 1. The van der Waals surface area contributed by atoms with Gasteiger partial charge in [0.2, 0.25) is 5.91 Å². The first-order valence-corrected chi connectivity index (χ1v) is 9.11. The molecule has 1 aromatic carbocycles. The maximum Gasteiger partial charge on any atom is 0.255 e. The molecule has 0 radical (unpaired) electrons. The van der Waals surface area contributed by atoms with Crippen molar-refractivity contribution >= 4 is 23.4 Å². The van der Waals surface area contributed by atoms with Crippen LogP contribution in [0, 0.1) is 0 Å². The monoisotopic (exact) mass is 356 g/mol. The van der Waals surface area contributed by atoms with Crippen molar-refractivity contribution in [1.82, 2.24) is 15.1 Å². The third-order valence-electron chi connectivity index (χ3n) is 5.94. The number of anilines is 1. The Kier molecular flexibility index (Phi) is 3.99. The van der Waals surface area contributed by atoms with Crippen LogP contribution in [0.15, 0.2) is 18.2 Å². The summed E-state index contributed by atoms with van der Waals surface area (Å²) >= 11 is 0.